The van der Waals surface area contributed by atoms with E-state index in [4.69, 9.17) is 23.2 Å². The van der Waals surface area contributed by atoms with E-state index >= 15 is 0 Å². The van der Waals surface area contributed by atoms with E-state index in [0.29, 0.717) is 21.2 Å². The lowest BCUT2D eigenvalue weighted by Crippen LogP contribution is -2.01. The van der Waals surface area contributed by atoms with Crippen molar-refractivity contribution in [2.75, 3.05) is 0 Å². The lowest BCUT2D eigenvalue weighted by molar-refractivity contribution is 0.103. The van der Waals surface area contributed by atoms with Crippen molar-refractivity contribution < 1.29 is 9.18 Å². The average molecular weight is 269 g/mol. The summed E-state index contributed by atoms with van der Waals surface area (Å²) in [6.45, 7) is 0. The van der Waals surface area contributed by atoms with Crippen molar-refractivity contribution in [2.45, 2.75) is 0 Å². The summed E-state index contributed by atoms with van der Waals surface area (Å²) in [7, 11) is 0. The molecule has 0 radical (unpaired) electrons. The molecule has 0 bridgehead atoms. The molecule has 4 heteroatoms. The first-order valence-corrected chi connectivity index (χ1v) is 5.59. The van der Waals surface area contributed by atoms with E-state index in [0.717, 1.165) is 0 Å². The van der Waals surface area contributed by atoms with Gasteiger partial charge in [-0.3, -0.25) is 4.79 Å². The minimum Gasteiger partial charge on any atom is -0.289 e. The highest BCUT2D eigenvalue weighted by molar-refractivity contribution is 6.42. The Hall–Kier alpha value is -1.38. The van der Waals surface area contributed by atoms with Crippen LogP contribution in [-0.2, 0) is 0 Å². The molecule has 0 atom stereocenters. The van der Waals surface area contributed by atoms with E-state index in [-0.39, 0.29) is 11.6 Å². The fourth-order valence-corrected chi connectivity index (χ4v) is 1.70. The third-order valence-electron chi connectivity index (χ3n) is 2.29. The van der Waals surface area contributed by atoms with Crippen LogP contribution in [0, 0.1) is 5.82 Å². The topological polar surface area (TPSA) is 17.1 Å². The summed E-state index contributed by atoms with van der Waals surface area (Å²) >= 11 is 11.6. The number of carbonyl (C=O) groups excluding carboxylic acids is 1. The third kappa shape index (κ3) is 2.65. The number of ketones is 1. The Balaban J connectivity index is 2.37. The van der Waals surface area contributed by atoms with Gasteiger partial charge in [0, 0.05) is 11.1 Å². The Labute approximate surface area is 108 Å². The lowest BCUT2D eigenvalue weighted by Gasteiger charge is -2.02. The predicted molar refractivity (Wildman–Crippen MR) is 66.3 cm³/mol. The van der Waals surface area contributed by atoms with Gasteiger partial charge in [-0.1, -0.05) is 23.2 Å². The molecule has 0 aliphatic rings. The molecule has 0 aliphatic heterocycles. The summed E-state index contributed by atoms with van der Waals surface area (Å²) in [5, 5.41) is 0.710. The summed E-state index contributed by atoms with van der Waals surface area (Å²) in [6, 6.07) is 9.98. The van der Waals surface area contributed by atoms with E-state index in [2.05, 4.69) is 0 Å². The molecular weight excluding hydrogens is 262 g/mol. The first-order chi connectivity index (χ1) is 8.08. The quantitative estimate of drug-likeness (QED) is 0.740. The maximum absolute atomic E-state index is 12.7. The summed E-state index contributed by atoms with van der Waals surface area (Å²) < 4.78 is 12.7. The van der Waals surface area contributed by atoms with E-state index in [1.165, 1.54) is 30.3 Å². The van der Waals surface area contributed by atoms with Crippen molar-refractivity contribution in [3.05, 3.63) is 69.5 Å². The number of hydrogen-bond acceptors (Lipinski definition) is 1. The smallest absolute Gasteiger partial charge is 0.193 e. The number of hydrogen-bond donors (Lipinski definition) is 0. The van der Waals surface area contributed by atoms with Crippen LogP contribution >= 0.6 is 23.2 Å². The Morgan fingerprint density at radius 3 is 2.06 bits per heavy atom. The second kappa shape index (κ2) is 4.86. The standard InChI is InChI=1S/C13H7Cl2FO/c14-11-6-3-9(7-12(11)15)13(17)8-1-4-10(16)5-2-8/h1-7H. The van der Waals surface area contributed by atoms with Gasteiger partial charge in [0.05, 0.1) is 10.0 Å². The van der Waals surface area contributed by atoms with Crippen LogP contribution < -0.4 is 0 Å². The predicted octanol–water partition coefficient (Wildman–Crippen LogP) is 4.36. The molecule has 0 saturated carbocycles. The minimum atomic E-state index is -0.379. The zero-order valence-electron chi connectivity index (χ0n) is 8.58. The van der Waals surface area contributed by atoms with Crippen molar-refractivity contribution in [1.29, 1.82) is 0 Å². The van der Waals surface area contributed by atoms with E-state index in [9.17, 15) is 9.18 Å². The fraction of sp³-hybridized carbons (Fsp3) is 0. The van der Waals surface area contributed by atoms with E-state index in [1.54, 1.807) is 12.1 Å². The summed E-state index contributed by atoms with van der Waals surface area (Å²) in [6.07, 6.45) is 0. The first-order valence-electron chi connectivity index (χ1n) is 4.83. The monoisotopic (exact) mass is 268 g/mol. The summed E-state index contributed by atoms with van der Waals surface area (Å²) in [5.74, 6) is -0.598. The maximum atomic E-state index is 12.7. The molecule has 0 unspecified atom stereocenters. The molecule has 0 spiro atoms. The van der Waals surface area contributed by atoms with Gasteiger partial charge in [0.2, 0.25) is 0 Å². The van der Waals surface area contributed by atoms with Gasteiger partial charge in [0.25, 0.3) is 0 Å². The maximum Gasteiger partial charge on any atom is 0.193 e. The zero-order chi connectivity index (χ0) is 12.4. The summed E-state index contributed by atoms with van der Waals surface area (Å²) in [5.41, 5.74) is 0.829. The molecule has 0 fully saturated rings. The fourth-order valence-electron chi connectivity index (χ4n) is 1.41. The van der Waals surface area contributed by atoms with Crippen LogP contribution in [0.3, 0.4) is 0 Å². The number of rotatable bonds is 2. The second-order valence-electron chi connectivity index (χ2n) is 3.46. The van der Waals surface area contributed by atoms with Gasteiger partial charge in [-0.15, -0.1) is 0 Å². The Kier molecular flexibility index (Phi) is 3.46. The molecule has 2 aromatic rings. The van der Waals surface area contributed by atoms with E-state index < -0.39 is 0 Å². The molecule has 0 N–H and O–H groups in total. The van der Waals surface area contributed by atoms with Crippen LogP contribution in [0.25, 0.3) is 0 Å². The highest BCUT2D eigenvalue weighted by Gasteiger charge is 2.10. The number of carbonyl (C=O) groups is 1. The van der Waals surface area contributed by atoms with Crippen LogP contribution in [0.4, 0.5) is 4.39 Å². The van der Waals surface area contributed by atoms with Gasteiger partial charge < -0.3 is 0 Å². The van der Waals surface area contributed by atoms with Crippen LogP contribution in [0.5, 0.6) is 0 Å². The van der Waals surface area contributed by atoms with Crippen molar-refractivity contribution in [3.63, 3.8) is 0 Å². The second-order valence-corrected chi connectivity index (χ2v) is 4.28. The van der Waals surface area contributed by atoms with Gasteiger partial charge in [-0.25, -0.2) is 4.39 Å². The molecule has 0 aliphatic carbocycles. The Bertz CT molecular complexity index is 564. The molecular formula is C13H7Cl2FO. The Morgan fingerprint density at radius 2 is 1.47 bits per heavy atom. The average Bonchev–Trinajstić information content (AvgIpc) is 2.33. The van der Waals surface area contributed by atoms with E-state index in [1.807, 2.05) is 0 Å². The molecule has 1 nitrogen and oxygen atoms in total. The summed E-state index contributed by atoms with van der Waals surface area (Å²) in [4.78, 5) is 12.0. The van der Waals surface area contributed by atoms with Crippen LogP contribution in [0.1, 0.15) is 15.9 Å². The van der Waals surface area contributed by atoms with Crippen molar-refractivity contribution in [3.8, 4) is 0 Å². The van der Waals surface area contributed by atoms with Gasteiger partial charge >= 0.3 is 0 Å². The van der Waals surface area contributed by atoms with Crippen molar-refractivity contribution in [2.24, 2.45) is 0 Å². The molecule has 0 amide bonds. The number of benzene rings is 2. The Morgan fingerprint density at radius 1 is 0.882 bits per heavy atom. The van der Waals surface area contributed by atoms with Crippen LogP contribution in [0.15, 0.2) is 42.5 Å². The SMILES string of the molecule is O=C(c1ccc(F)cc1)c1ccc(Cl)c(Cl)c1. The third-order valence-corrected chi connectivity index (χ3v) is 3.03. The molecule has 17 heavy (non-hydrogen) atoms. The molecule has 2 rings (SSSR count). The first kappa shape index (κ1) is 12.1. The molecule has 0 saturated heterocycles. The van der Waals surface area contributed by atoms with Gasteiger partial charge in [0.15, 0.2) is 5.78 Å². The van der Waals surface area contributed by atoms with Crippen LogP contribution in [0.2, 0.25) is 10.0 Å². The molecule has 0 aromatic heterocycles. The highest BCUT2D eigenvalue weighted by Crippen LogP contribution is 2.23. The van der Waals surface area contributed by atoms with Crippen molar-refractivity contribution in [1.82, 2.24) is 0 Å². The van der Waals surface area contributed by atoms with Gasteiger partial charge in [-0.2, -0.15) is 0 Å². The van der Waals surface area contributed by atoms with Gasteiger partial charge in [-0.05, 0) is 42.5 Å². The number of halogens is 3. The largest absolute Gasteiger partial charge is 0.289 e. The van der Waals surface area contributed by atoms with Gasteiger partial charge in [0.1, 0.15) is 5.82 Å². The molecule has 0 heterocycles. The molecule has 2 aromatic carbocycles. The minimum absolute atomic E-state index is 0.219. The highest BCUT2D eigenvalue weighted by atomic mass is 35.5. The zero-order valence-corrected chi connectivity index (χ0v) is 10.1. The van der Waals surface area contributed by atoms with Crippen LogP contribution in [-0.4, -0.2) is 5.78 Å². The molecule has 86 valence electrons. The lowest BCUT2D eigenvalue weighted by atomic mass is 10.0. The van der Waals surface area contributed by atoms with Crippen molar-refractivity contribution >= 4 is 29.0 Å². The normalized spacial score (nSPS) is 10.3.